The Balaban J connectivity index is 1.14. The lowest BCUT2D eigenvalue weighted by molar-refractivity contribution is 0.0506. The Morgan fingerprint density at radius 1 is 0.857 bits per heavy atom. The number of methoxy groups -OCH3 is 1. The fourth-order valence-corrected chi connectivity index (χ4v) is 6.37. The van der Waals surface area contributed by atoms with Gasteiger partial charge in [-0.05, 0) is 60.1 Å². The van der Waals surface area contributed by atoms with Crippen LogP contribution in [0.1, 0.15) is 53.1 Å². The van der Waals surface area contributed by atoms with Crippen molar-refractivity contribution in [1.29, 1.82) is 0 Å². The lowest BCUT2D eigenvalue weighted by Crippen LogP contribution is -2.48. The molecule has 3 aromatic rings. The van der Waals surface area contributed by atoms with Crippen LogP contribution >= 0.6 is 0 Å². The largest absolute Gasteiger partial charge is 0.497 e. The number of carbonyl (C=O) groups excluding carboxylic acids is 2. The van der Waals surface area contributed by atoms with E-state index >= 15 is 0 Å². The number of Topliss-reactive ketones (excluding diaryl/α,β-unsaturated/α-hetero) is 1. The van der Waals surface area contributed by atoms with Gasteiger partial charge < -0.3 is 14.4 Å². The maximum Gasteiger partial charge on any atom is 0.410 e. The highest BCUT2D eigenvalue weighted by Crippen LogP contribution is 2.45. The van der Waals surface area contributed by atoms with Gasteiger partial charge in [-0.2, -0.15) is 0 Å². The fourth-order valence-electron chi connectivity index (χ4n) is 6.37. The van der Waals surface area contributed by atoms with Crippen LogP contribution in [-0.2, 0) is 4.74 Å². The summed E-state index contributed by atoms with van der Waals surface area (Å²) in [7, 11) is 1.61. The average Bonchev–Trinajstić information content (AvgIpc) is 3.37. The molecule has 2 saturated heterocycles. The minimum atomic E-state index is -0.244. The lowest BCUT2D eigenvalue weighted by atomic mass is 9.85. The second-order valence-corrected chi connectivity index (χ2v) is 9.86. The summed E-state index contributed by atoms with van der Waals surface area (Å²) in [5.74, 6) is 0.816. The van der Waals surface area contributed by atoms with E-state index in [4.69, 9.17) is 9.47 Å². The van der Waals surface area contributed by atoms with Crippen molar-refractivity contribution >= 4 is 11.9 Å². The van der Waals surface area contributed by atoms with E-state index in [-0.39, 0.29) is 35.8 Å². The molecule has 0 N–H and O–H groups in total. The minimum absolute atomic E-state index is 0.0520. The minimum Gasteiger partial charge on any atom is -0.497 e. The molecular weight excluding hydrogens is 438 g/mol. The molecule has 6 rings (SSSR count). The van der Waals surface area contributed by atoms with Gasteiger partial charge in [0.05, 0.1) is 7.11 Å². The predicted octanol–water partition coefficient (Wildman–Crippen LogP) is 6.07. The number of benzene rings is 3. The molecule has 3 aliphatic rings. The summed E-state index contributed by atoms with van der Waals surface area (Å²) in [5.41, 5.74) is 5.56. The summed E-state index contributed by atoms with van der Waals surface area (Å²) in [6, 6.07) is 24.2. The van der Waals surface area contributed by atoms with E-state index < -0.39 is 0 Å². The third-order valence-corrected chi connectivity index (χ3v) is 8.01. The number of piperidine rings is 1. The molecule has 35 heavy (non-hydrogen) atoms. The number of amides is 1. The molecule has 3 aromatic carbocycles. The van der Waals surface area contributed by atoms with Crippen LogP contribution in [0.15, 0.2) is 72.8 Å². The Bertz CT molecular complexity index is 1230. The maximum absolute atomic E-state index is 13.3. The highest BCUT2D eigenvalue weighted by molar-refractivity contribution is 5.98. The van der Waals surface area contributed by atoms with Crippen molar-refractivity contribution in [3.63, 3.8) is 0 Å². The number of carbonyl (C=O) groups is 2. The Hall–Kier alpha value is -3.60. The number of hydrogen-bond acceptors (Lipinski definition) is 4. The number of fused-ring (bicyclic) bond motifs is 5. The maximum atomic E-state index is 13.3. The molecule has 5 heteroatoms. The number of ketones is 1. The van der Waals surface area contributed by atoms with Crippen molar-refractivity contribution in [2.75, 3.05) is 13.7 Å². The molecule has 2 heterocycles. The highest BCUT2D eigenvalue weighted by Gasteiger charge is 2.46. The van der Waals surface area contributed by atoms with Crippen LogP contribution in [-0.4, -0.2) is 42.6 Å². The topological polar surface area (TPSA) is 55.8 Å². The molecule has 1 amide bonds. The molecule has 2 atom stereocenters. The van der Waals surface area contributed by atoms with Crippen LogP contribution < -0.4 is 4.74 Å². The zero-order valence-corrected chi connectivity index (χ0v) is 19.9. The highest BCUT2D eigenvalue weighted by atomic mass is 16.6. The quantitative estimate of drug-likeness (QED) is 0.428. The second kappa shape index (κ2) is 8.88. The first-order valence-electron chi connectivity index (χ1n) is 12.5. The van der Waals surface area contributed by atoms with Crippen LogP contribution in [0.2, 0.25) is 0 Å². The van der Waals surface area contributed by atoms with Gasteiger partial charge in [0.15, 0.2) is 5.78 Å². The first-order valence-corrected chi connectivity index (χ1v) is 12.5. The van der Waals surface area contributed by atoms with Gasteiger partial charge >= 0.3 is 6.09 Å². The molecule has 2 fully saturated rings. The summed E-state index contributed by atoms with van der Waals surface area (Å²) in [4.78, 5) is 28.4. The zero-order valence-electron chi connectivity index (χ0n) is 19.9. The third-order valence-electron chi connectivity index (χ3n) is 8.01. The van der Waals surface area contributed by atoms with E-state index in [2.05, 4.69) is 36.4 Å². The Morgan fingerprint density at radius 3 is 2.11 bits per heavy atom. The standard InChI is InChI=1S/C30H29NO4/c1-34-23-8-6-7-19(17-23)29(32)20-15-21-13-14-22(16-20)31(21)30(33)35-18-28-26-11-4-2-9-24(26)25-10-3-5-12-27(25)28/h2-12,17,20-22,28H,13-16,18H2,1H3. The zero-order chi connectivity index (χ0) is 23.9. The SMILES string of the molecule is COc1cccc(C(=O)C2CC3CCC(C2)N3C(=O)OCC2c3ccccc3-c3ccccc32)c1. The fraction of sp³-hybridized carbons (Fsp3) is 0.333. The smallest absolute Gasteiger partial charge is 0.410 e. The molecule has 5 nitrogen and oxygen atoms in total. The molecule has 2 unspecified atom stereocenters. The molecular formula is C30H29NO4. The van der Waals surface area contributed by atoms with Gasteiger partial charge in [0, 0.05) is 29.5 Å². The average molecular weight is 468 g/mol. The van der Waals surface area contributed by atoms with Crippen LogP contribution in [0.3, 0.4) is 0 Å². The van der Waals surface area contributed by atoms with Crippen molar-refractivity contribution in [3.05, 3.63) is 89.5 Å². The van der Waals surface area contributed by atoms with Crippen molar-refractivity contribution < 1.29 is 19.1 Å². The van der Waals surface area contributed by atoms with Crippen molar-refractivity contribution in [1.82, 2.24) is 4.90 Å². The van der Waals surface area contributed by atoms with Gasteiger partial charge in [0.25, 0.3) is 0 Å². The summed E-state index contributed by atoms with van der Waals surface area (Å²) < 4.78 is 11.2. The van der Waals surface area contributed by atoms with Crippen molar-refractivity contribution in [2.45, 2.75) is 43.7 Å². The Kier molecular flexibility index (Phi) is 5.56. The first-order chi connectivity index (χ1) is 17.1. The number of nitrogens with zero attached hydrogens (tertiary/aromatic N) is 1. The van der Waals surface area contributed by atoms with Gasteiger partial charge in [0.2, 0.25) is 0 Å². The van der Waals surface area contributed by atoms with Gasteiger partial charge in [-0.3, -0.25) is 4.79 Å². The van der Waals surface area contributed by atoms with Crippen LogP contribution in [0.5, 0.6) is 5.75 Å². The lowest BCUT2D eigenvalue weighted by Gasteiger charge is -2.37. The van der Waals surface area contributed by atoms with E-state index in [0.717, 1.165) is 12.8 Å². The molecule has 1 aliphatic carbocycles. The van der Waals surface area contributed by atoms with Crippen LogP contribution in [0.25, 0.3) is 11.1 Å². The molecule has 0 saturated carbocycles. The van der Waals surface area contributed by atoms with E-state index in [0.29, 0.717) is 30.8 Å². The first kappa shape index (κ1) is 21.9. The van der Waals surface area contributed by atoms with Gasteiger partial charge in [0.1, 0.15) is 12.4 Å². The van der Waals surface area contributed by atoms with E-state index in [9.17, 15) is 9.59 Å². The second-order valence-electron chi connectivity index (χ2n) is 9.86. The summed E-state index contributed by atoms with van der Waals surface area (Å²) in [6.07, 6.45) is 2.99. The van der Waals surface area contributed by atoms with Crippen LogP contribution in [0, 0.1) is 5.92 Å². The Labute approximate surface area is 205 Å². The van der Waals surface area contributed by atoms with Gasteiger partial charge in [-0.25, -0.2) is 4.79 Å². The summed E-state index contributed by atoms with van der Waals surface area (Å²) in [6.45, 7) is 0.328. The molecule has 0 radical (unpaired) electrons. The predicted molar refractivity (Wildman–Crippen MR) is 134 cm³/mol. The number of hydrogen-bond donors (Lipinski definition) is 0. The number of rotatable bonds is 5. The molecule has 0 aromatic heterocycles. The normalized spacial score (nSPS) is 22.4. The van der Waals surface area contributed by atoms with Crippen LogP contribution in [0.4, 0.5) is 4.79 Å². The third kappa shape index (κ3) is 3.79. The summed E-state index contributed by atoms with van der Waals surface area (Å²) >= 11 is 0. The summed E-state index contributed by atoms with van der Waals surface area (Å²) in [5, 5.41) is 0. The van der Waals surface area contributed by atoms with Crippen molar-refractivity contribution in [3.8, 4) is 16.9 Å². The van der Waals surface area contributed by atoms with E-state index in [1.165, 1.54) is 22.3 Å². The van der Waals surface area contributed by atoms with E-state index in [1.54, 1.807) is 7.11 Å². The molecule has 178 valence electrons. The van der Waals surface area contributed by atoms with Crippen molar-refractivity contribution in [2.24, 2.45) is 5.92 Å². The number of ether oxygens (including phenoxy) is 2. The molecule has 2 aliphatic heterocycles. The van der Waals surface area contributed by atoms with Gasteiger partial charge in [-0.15, -0.1) is 0 Å². The molecule has 0 spiro atoms. The molecule has 2 bridgehead atoms. The Morgan fingerprint density at radius 2 is 1.49 bits per heavy atom. The monoisotopic (exact) mass is 467 g/mol. The van der Waals surface area contributed by atoms with Gasteiger partial charge in [-0.1, -0.05) is 60.7 Å². The van der Waals surface area contributed by atoms with E-state index in [1.807, 2.05) is 41.3 Å².